The van der Waals surface area contributed by atoms with Gasteiger partial charge in [0.2, 0.25) is 0 Å². The smallest absolute Gasteiger partial charge is 0.306 e. The minimum atomic E-state index is -3.03. The van der Waals surface area contributed by atoms with Gasteiger partial charge in [-0.15, -0.1) is 0 Å². The first-order chi connectivity index (χ1) is 9.34. The molecule has 0 saturated heterocycles. The van der Waals surface area contributed by atoms with Crippen molar-refractivity contribution >= 4 is 27.4 Å². The molecule has 6 heteroatoms. The Morgan fingerprint density at radius 2 is 1.90 bits per heavy atom. The second-order valence-electron chi connectivity index (χ2n) is 4.74. The lowest BCUT2D eigenvalue weighted by Gasteiger charge is -2.12. The molecule has 1 rings (SSSR count). The molecule has 0 aromatic heterocycles. The molecule has 0 heterocycles. The number of halogens is 1. The van der Waals surface area contributed by atoms with E-state index in [-0.39, 0.29) is 11.5 Å². The van der Waals surface area contributed by atoms with Gasteiger partial charge in [0.25, 0.3) is 0 Å². The van der Waals surface area contributed by atoms with E-state index in [9.17, 15) is 18.3 Å². The van der Waals surface area contributed by atoms with Gasteiger partial charge in [-0.2, -0.15) is 0 Å². The Morgan fingerprint density at radius 1 is 1.30 bits per heavy atom. The maximum atomic E-state index is 11.4. The maximum absolute atomic E-state index is 11.4. The van der Waals surface area contributed by atoms with Gasteiger partial charge in [-0.25, -0.2) is 8.42 Å². The van der Waals surface area contributed by atoms with Crippen molar-refractivity contribution in [2.24, 2.45) is 5.92 Å². The van der Waals surface area contributed by atoms with Crippen molar-refractivity contribution in [1.82, 2.24) is 0 Å². The molecule has 0 radical (unpaired) electrons. The Labute approximate surface area is 124 Å². The van der Waals surface area contributed by atoms with Crippen LogP contribution in [0.2, 0.25) is 5.02 Å². The molecule has 112 valence electrons. The van der Waals surface area contributed by atoms with Crippen LogP contribution in [-0.4, -0.2) is 31.0 Å². The van der Waals surface area contributed by atoms with E-state index in [4.69, 9.17) is 11.6 Å². The van der Waals surface area contributed by atoms with Crippen molar-refractivity contribution in [2.75, 3.05) is 11.5 Å². The minimum Gasteiger partial charge on any atom is -0.481 e. The highest BCUT2D eigenvalue weighted by Gasteiger charge is 2.19. The van der Waals surface area contributed by atoms with Crippen molar-refractivity contribution in [3.63, 3.8) is 0 Å². The molecule has 20 heavy (non-hydrogen) atoms. The van der Waals surface area contributed by atoms with E-state index in [0.717, 1.165) is 5.56 Å². The number of hydrogen-bond donors (Lipinski definition) is 1. The number of carboxylic acid groups (broad SMARTS) is 1. The van der Waals surface area contributed by atoms with E-state index in [2.05, 4.69) is 0 Å². The van der Waals surface area contributed by atoms with Gasteiger partial charge in [0, 0.05) is 10.8 Å². The van der Waals surface area contributed by atoms with Crippen LogP contribution in [0.1, 0.15) is 25.3 Å². The number of carbonyl (C=O) groups is 1. The van der Waals surface area contributed by atoms with Gasteiger partial charge in [0.15, 0.2) is 0 Å². The van der Waals surface area contributed by atoms with E-state index in [0.29, 0.717) is 24.3 Å². The summed E-state index contributed by atoms with van der Waals surface area (Å²) in [5, 5.41) is 9.81. The van der Waals surface area contributed by atoms with Crippen molar-refractivity contribution in [3.05, 3.63) is 34.9 Å². The predicted octanol–water partition coefficient (Wildman–Crippen LogP) is 2.80. The number of aliphatic carboxylic acids is 1. The summed E-state index contributed by atoms with van der Waals surface area (Å²) in [4.78, 5) is 11.2. The molecule has 0 fully saturated rings. The molecule has 0 saturated carbocycles. The molecular formula is C14H19ClO4S. The zero-order valence-electron chi connectivity index (χ0n) is 11.4. The summed E-state index contributed by atoms with van der Waals surface area (Å²) in [7, 11) is -3.03. The maximum Gasteiger partial charge on any atom is 0.306 e. The highest BCUT2D eigenvalue weighted by Crippen LogP contribution is 2.17. The van der Waals surface area contributed by atoms with Crippen LogP contribution in [0.25, 0.3) is 0 Å². The van der Waals surface area contributed by atoms with Gasteiger partial charge in [0.1, 0.15) is 9.84 Å². The van der Waals surface area contributed by atoms with Crippen LogP contribution in [-0.2, 0) is 21.1 Å². The standard InChI is InChI=1S/C14H19ClO4S/c1-2-20(18,19)9-3-4-12(14(16)17)10-11-5-7-13(15)8-6-11/h5-8,12H,2-4,9-10H2,1H3,(H,16,17). The third-order valence-corrected chi connectivity index (χ3v) is 5.23. The zero-order chi connectivity index (χ0) is 15.2. The quantitative estimate of drug-likeness (QED) is 0.800. The average Bonchev–Trinajstić information content (AvgIpc) is 2.39. The number of sulfone groups is 1. The van der Waals surface area contributed by atoms with Crippen molar-refractivity contribution < 1.29 is 18.3 Å². The summed E-state index contributed by atoms with van der Waals surface area (Å²) >= 11 is 5.78. The first-order valence-corrected chi connectivity index (χ1v) is 8.71. The van der Waals surface area contributed by atoms with Gasteiger partial charge < -0.3 is 5.11 Å². The van der Waals surface area contributed by atoms with Crippen LogP contribution in [0.15, 0.2) is 24.3 Å². The highest BCUT2D eigenvalue weighted by atomic mass is 35.5. The third kappa shape index (κ3) is 5.92. The average molecular weight is 319 g/mol. The summed E-state index contributed by atoms with van der Waals surface area (Å²) in [6.07, 6.45) is 1.12. The molecule has 0 bridgehead atoms. The fourth-order valence-corrected chi connectivity index (χ4v) is 2.93. The minimum absolute atomic E-state index is 0.0495. The fourth-order valence-electron chi connectivity index (χ4n) is 1.91. The van der Waals surface area contributed by atoms with Gasteiger partial charge in [0.05, 0.1) is 11.7 Å². The van der Waals surface area contributed by atoms with Crippen LogP contribution in [0.3, 0.4) is 0 Å². The molecule has 1 N–H and O–H groups in total. The lowest BCUT2D eigenvalue weighted by atomic mass is 9.95. The monoisotopic (exact) mass is 318 g/mol. The van der Waals surface area contributed by atoms with Crippen LogP contribution in [0, 0.1) is 5.92 Å². The Bertz CT molecular complexity index is 537. The molecular weight excluding hydrogens is 300 g/mol. The second kappa shape index (κ2) is 7.64. The van der Waals surface area contributed by atoms with Gasteiger partial charge in [-0.1, -0.05) is 30.7 Å². The number of benzene rings is 1. The first kappa shape index (κ1) is 17.0. The largest absolute Gasteiger partial charge is 0.481 e. The predicted molar refractivity (Wildman–Crippen MR) is 79.8 cm³/mol. The molecule has 4 nitrogen and oxygen atoms in total. The number of rotatable bonds is 8. The topological polar surface area (TPSA) is 71.4 Å². The normalized spacial score (nSPS) is 13.1. The molecule has 1 aromatic rings. The summed E-state index contributed by atoms with van der Waals surface area (Å²) < 4.78 is 22.8. The molecule has 1 aromatic carbocycles. The van der Waals surface area contributed by atoms with Crippen LogP contribution in [0.4, 0.5) is 0 Å². The van der Waals surface area contributed by atoms with E-state index in [1.807, 2.05) is 0 Å². The second-order valence-corrected chi connectivity index (χ2v) is 7.65. The van der Waals surface area contributed by atoms with E-state index < -0.39 is 21.7 Å². The highest BCUT2D eigenvalue weighted by molar-refractivity contribution is 7.91. The van der Waals surface area contributed by atoms with E-state index in [1.54, 1.807) is 31.2 Å². The van der Waals surface area contributed by atoms with E-state index >= 15 is 0 Å². The summed E-state index contributed by atoms with van der Waals surface area (Å²) in [6, 6.07) is 7.02. The van der Waals surface area contributed by atoms with Crippen molar-refractivity contribution in [1.29, 1.82) is 0 Å². The summed E-state index contributed by atoms with van der Waals surface area (Å²) in [5.74, 6) is -1.31. The molecule has 1 atom stereocenters. The molecule has 0 aliphatic carbocycles. The summed E-state index contributed by atoms with van der Waals surface area (Å²) in [6.45, 7) is 1.59. The number of hydrogen-bond acceptors (Lipinski definition) is 3. The molecule has 0 aliphatic heterocycles. The number of carboxylic acids is 1. The van der Waals surface area contributed by atoms with E-state index in [1.165, 1.54) is 0 Å². The van der Waals surface area contributed by atoms with Gasteiger partial charge in [-0.3, -0.25) is 4.79 Å². The Balaban J connectivity index is 2.57. The molecule has 0 aliphatic rings. The summed E-state index contributed by atoms with van der Waals surface area (Å²) in [5.41, 5.74) is 0.889. The molecule has 0 amide bonds. The van der Waals surface area contributed by atoms with Crippen LogP contribution >= 0.6 is 11.6 Å². The zero-order valence-corrected chi connectivity index (χ0v) is 13.0. The fraction of sp³-hybridized carbons (Fsp3) is 0.500. The molecule has 1 unspecified atom stereocenters. The van der Waals surface area contributed by atoms with Crippen LogP contribution < -0.4 is 0 Å². The first-order valence-electron chi connectivity index (χ1n) is 6.51. The Hall–Kier alpha value is -1.07. The lowest BCUT2D eigenvalue weighted by molar-refractivity contribution is -0.141. The van der Waals surface area contributed by atoms with Crippen molar-refractivity contribution in [3.8, 4) is 0 Å². The Kier molecular flexibility index (Phi) is 6.49. The third-order valence-electron chi connectivity index (χ3n) is 3.19. The SMILES string of the molecule is CCS(=O)(=O)CCCC(Cc1ccc(Cl)cc1)C(=O)O. The van der Waals surface area contributed by atoms with Crippen molar-refractivity contribution in [2.45, 2.75) is 26.2 Å². The van der Waals surface area contributed by atoms with Crippen LogP contribution in [0.5, 0.6) is 0 Å². The van der Waals surface area contributed by atoms with Gasteiger partial charge in [-0.05, 0) is 37.0 Å². The van der Waals surface area contributed by atoms with Gasteiger partial charge >= 0.3 is 5.97 Å². The lowest BCUT2D eigenvalue weighted by Crippen LogP contribution is -2.18. The Morgan fingerprint density at radius 3 is 2.40 bits per heavy atom. The molecule has 0 spiro atoms.